The van der Waals surface area contributed by atoms with Crippen LogP contribution in [-0.2, 0) is 10.0 Å². The Labute approximate surface area is 92.4 Å². The molecule has 0 amide bonds. The summed E-state index contributed by atoms with van der Waals surface area (Å²) in [5, 5.41) is 2.95. The first-order valence-electron chi connectivity index (χ1n) is 5.37. The van der Waals surface area contributed by atoms with E-state index in [9.17, 15) is 8.42 Å². The Hall–Kier alpha value is -0.390. The zero-order valence-electron chi connectivity index (χ0n) is 9.28. The Bertz CT molecular complexity index is 297. The van der Waals surface area contributed by atoms with Crippen LogP contribution in [0.15, 0.2) is 12.7 Å². The van der Waals surface area contributed by atoms with E-state index in [1.165, 1.54) is 0 Å². The lowest BCUT2D eigenvalue weighted by atomic mass is 10.5. The molecular formula is C10H20N2O2S. The monoisotopic (exact) mass is 232 g/mol. The van der Waals surface area contributed by atoms with Crippen LogP contribution in [-0.4, -0.2) is 44.7 Å². The Morgan fingerprint density at radius 3 is 2.67 bits per heavy atom. The van der Waals surface area contributed by atoms with Crippen molar-refractivity contribution in [1.82, 2.24) is 9.62 Å². The fraction of sp³-hybridized carbons (Fsp3) is 0.800. The summed E-state index contributed by atoms with van der Waals surface area (Å²) in [5.41, 5.74) is 0. The minimum absolute atomic E-state index is 0.234. The van der Waals surface area contributed by atoms with E-state index < -0.39 is 10.0 Å². The molecule has 1 N–H and O–H groups in total. The Balaban J connectivity index is 2.51. The quantitative estimate of drug-likeness (QED) is 0.492. The number of nitrogens with zero attached hydrogens (tertiary/aromatic N) is 1. The van der Waals surface area contributed by atoms with Gasteiger partial charge in [0.25, 0.3) is 0 Å². The molecule has 0 saturated heterocycles. The van der Waals surface area contributed by atoms with Crippen molar-refractivity contribution in [2.45, 2.75) is 25.3 Å². The van der Waals surface area contributed by atoms with Crippen molar-refractivity contribution in [1.29, 1.82) is 0 Å². The Morgan fingerprint density at radius 2 is 2.20 bits per heavy atom. The molecule has 0 unspecified atom stereocenters. The molecule has 0 atom stereocenters. The number of sulfonamides is 1. The van der Waals surface area contributed by atoms with Crippen LogP contribution in [0.4, 0.5) is 0 Å². The van der Waals surface area contributed by atoms with E-state index in [2.05, 4.69) is 11.9 Å². The molecule has 1 saturated carbocycles. The second-order valence-corrected chi connectivity index (χ2v) is 5.90. The highest BCUT2D eigenvalue weighted by Gasteiger charge is 2.35. The predicted molar refractivity (Wildman–Crippen MR) is 62.3 cm³/mol. The molecule has 0 bridgehead atoms. The fourth-order valence-electron chi connectivity index (χ4n) is 1.53. The van der Waals surface area contributed by atoms with Crippen molar-refractivity contribution in [3.63, 3.8) is 0 Å². The number of rotatable bonds is 8. The van der Waals surface area contributed by atoms with Gasteiger partial charge in [-0.1, -0.05) is 6.08 Å². The SMILES string of the molecule is C=CCN(C1CC1)S(=O)(=O)CCCNC. The van der Waals surface area contributed by atoms with Gasteiger partial charge in [-0.3, -0.25) is 0 Å². The molecule has 0 heterocycles. The van der Waals surface area contributed by atoms with E-state index in [4.69, 9.17) is 0 Å². The molecule has 0 aromatic carbocycles. The number of nitrogens with one attached hydrogen (secondary N) is 1. The molecule has 4 nitrogen and oxygen atoms in total. The van der Waals surface area contributed by atoms with Crippen LogP contribution in [0, 0.1) is 0 Å². The maximum atomic E-state index is 11.9. The zero-order valence-corrected chi connectivity index (χ0v) is 10.1. The third-order valence-electron chi connectivity index (χ3n) is 2.45. The first-order valence-corrected chi connectivity index (χ1v) is 6.97. The van der Waals surface area contributed by atoms with Crippen molar-refractivity contribution in [3.05, 3.63) is 12.7 Å². The molecule has 88 valence electrons. The van der Waals surface area contributed by atoms with Gasteiger partial charge >= 0.3 is 0 Å². The highest BCUT2D eigenvalue weighted by atomic mass is 32.2. The average Bonchev–Trinajstić information content (AvgIpc) is 2.97. The molecule has 15 heavy (non-hydrogen) atoms. The summed E-state index contributed by atoms with van der Waals surface area (Å²) in [4.78, 5) is 0. The van der Waals surface area contributed by atoms with Crippen molar-refractivity contribution >= 4 is 10.0 Å². The largest absolute Gasteiger partial charge is 0.320 e. The Kier molecular flexibility index (Phi) is 4.76. The summed E-state index contributed by atoms with van der Waals surface area (Å²) in [6, 6.07) is 0.239. The molecule has 5 heteroatoms. The van der Waals surface area contributed by atoms with Gasteiger partial charge in [-0.25, -0.2) is 8.42 Å². The zero-order chi connectivity index (χ0) is 11.3. The molecular weight excluding hydrogens is 212 g/mol. The van der Waals surface area contributed by atoms with E-state index in [0.29, 0.717) is 13.0 Å². The molecule has 1 aliphatic carbocycles. The third kappa shape index (κ3) is 3.93. The molecule has 1 fully saturated rings. The number of hydrogen-bond donors (Lipinski definition) is 1. The maximum absolute atomic E-state index is 11.9. The van der Waals surface area contributed by atoms with E-state index >= 15 is 0 Å². The predicted octanol–water partition coefficient (Wildman–Crippen LogP) is 0.576. The van der Waals surface area contributed by atoms with Crippen molar-refractivity contribution < 1.29 is 8.42 Å². The molecule has 1 aliphatic rings. The molecule has 0 aromatic rings. The standard InChI is InChI=1S/C10H20N2O2S/c1-3-8-12(10-5-6-10)15(13,14)9-4-7-11-2/h3,10-11H,1,4-9H2,2H3. The van der Waals surface area contributed by atoms with Gasteiger partial charge in [0.1, 0.15) is 0 Å². The lowest BCUT2D eigenvalue weighted by molar-refractivity contribution is 0.434. The van der Waals surface area contributed by atoms with Crippen molar-refractivity contribution in [2.24, 2.45) is 0 Å². The third-order valence-corrected chi connectivity index (χ3v) is 4.42. The lowest BCUT2D eigenvalue weighted by Gasteiger charge is -2.19. The molecule has 0 spiro atoms. The minimum atomic E-state index is -3.07. The molecule has 0 radical (unpaired) electrons. The van der Waals surface area contributed by atoms with Gasteiger partial charge in [-0.15, -0.1) is 6.58 Å². The first-order chi connectivity index (χ1) is 7.11. The number of hydrogen-bond acceptors (Lipinski definition) is 3. The topological polar surface area (TPSA) is 49.4 Å². The normalized spacial score (nSPS) is 16.9. The van der Waals surface area contributed by atoms with Crippen LogP contribution >= 0.6 is 0 Å². The summed E-state index contributed by atoms with van der Waals surface area (Å²) in [5.74, 6) is 0.234. The van der Waals surface area contributed by atoms with E-state index in [1.54, 1.807) is 10.4 Å². The summed E-state index contributed by atoms with van der Waals surface area (Å²) in [7, 11) is -1.24. The van der Waals surface area contributed by atoms with Gasteiger partial charge in [0.15, 0.2) is 0 Å². The van der Waals surface area contributed by atoms with Crippen LogP contribution in [0.3, 0.4) is 0 Å². The summed E-state index contributed by atoms with van der Waals surface area (Å²) in [6.45, 7) is 4.80. The summed E-state index contributed by atoms with van der Waals surface area (Å²) < 4.78 is 25.4. The van der Waals surface area contributed by atoms with Crippen LogP contribution < -0.4 is 5.32 Å². The van der Waals surface area contributed by atoms with E-state index in [1.807, 2.05) is 7.05 Å². The fourth-order valence-corrected chi connectivity index (χ4v) is 3.27. The second-order valence-electron chi connectivity index (χ2n) is 3.86. The maximum Gasteiger partial charge on any atom is 0.214 e. The van der Waals surface area contributed by atoms with Crippen LogP contribution in [0.2, 0.25) is 0 Å². The first kappa shape index (κ1) is 12.7. The summed E-state index contributed by atoms with van der Waals surface area (Å²) >= 11 is 0. The molecule has 0 aliphatic heterocycles. The van der Waals surface area contributed by atoms with Gasteiger partial charge in [-0.2, -0.15) is 4.31 Å². The summed E-state index contributed by atoms with van der Waals surface area (Å²) in [6.07, 6.45) is 4.32. The van der Waals surface area contributed by atoms with Crippen molar-refractivity contribution in [3.8, 4) is 0 Å². The highest BCUT2D eigenvalue weighted by molar-refractivity contribution is 7.89. The van der Waals surface area contributed by atoms with E-state index in [0.717, 1.165) is 19.4 Å². The molecule has 0 aromatic heterocycles. The van der Waals surface area contributed by atoms with Gasteiger partial charge in [0.2, 0.25) is 10.0 Å². The lowest BCUT2D eigenvalue weighted by Crippen LogP contribution is -2.35. The Morgan fingerprint density at radius 1 is 1.53 bits per heavy atom. The van der Waals surface area contributed by atoms with Crippen LogP contribution in [0.5, 0.6) is 0 Å². The smallest absolute Gasteiger partial charge is 0.214 e. The second kappa shape index (κ2) is 5.63. The molecule has 1 rings (SSSR count). The van der Waals surface area contributed by atoms with Gasteiger partial charge in [-0.05, 0) is 32.9 Å². The van der Waals surface area contributed by atoms with Crippen molar-refractivity contribution in [2.75, 3.05) is 25.9 Å². The van der Waals surface area contributed by atoms with Gasteiger partial charge in [0, 0.05) is 12.6 Å². The van der Waals surface area contributed by atoms with Gasteiger partial charge < -0.3 is 5.32 Å². The average molecular weight is 232 g/mol. The van der Waals surface area contributed by atoms with Crippen LogP contribution in [0.25, 0.3) is 0 Å². The van der Waals surface area contributed by atoms with Gasteiger partial charge in [0.05, 0.1) is 5.75 Å². The van der Waals surface area contributed by atoms with Crippen LogP contribution in [0.1, 0.15) is 19.3 Å². The minimum Gasteiger partial charge on any atom is -0.320 e. The highest BCUT2D eigenvalue weighted by Crippen LogP contribution is 2.29. The van der Waals surface area contributed by atoms with E-state index in [-0.39, 0.29) is 11.8 Å².